The van der Waals surface area contributed by atoms with Gasteiger partial charge in [0, 0.05) is 33.7 Å². The van der Waals surface area contributed by atoms with Gasteiger partial charge in [-0.1, -0.05) is 0 Å². The van der Waals surface area contributed by atoms with Crippen molar-refractivity contribution in [2.75, 3.05) is 27.2 Å². The Morgan fingerprint density at radius 1 is 1.48 bits per heavy atom. The monoisotopic (exact) mass is 318 g/mol. The topological polar surface area (TPSA) is 92.0 Å². The zero-order chi connectivity index (χ0) is 15.7. The van der Waals surface area contributed by atoms with Crippen LogP contribution >= 0.6 is 0 Å². The molecule has 2 N–H and O–H groups in total. The minimum Gasteiger partial charge on any atom is -0.447 e. The number of sulfonamides is 1. The number of ether oxygens (including phenoxy) is 1. The predicted molar refractivity (Wildman–Crippen MR) is 76.3 cm³/mol. The molecule has 1 aliphatic heterocycles. The Bertz CT molecular complexity index is 583. The van der Waals surface area contributed by atoms with Gasteiger partial charge in [0.15, 0.2) is 0 Å². The average Bonchev–Trinajstić information content (AvgIpc) is 2.99. The van der Waals surface area contributed by atoms with E-state index in [1.165, 1.54) is 20.2 Å². The Morgan fingerprint density at radius 2 is 2.19 bits per heavy atom. The summed E-state index contributed by atoms with van der Waals surface area (Å²) in [5, 5.41) is 13.3. The van der Waals surface area contributed by atoms with Crippen molar-refractivity contribution in [3.63, 3.8) is 0 Å². The maximum absolute atomic E-state index is 11.9. The van der Waals surface area contributed by atoms with Crippen molar-refractivity contribution in [2.24, 2.45) is 0 Å². The smallest absolute Gasteiger partial charge is 0.275 e. The summed E-state index contributed by atoms with van der Waals surface area (Å²) in [6, 6.07) is 3.05. The van der Waals surface area contributed by atoms with Crippen LogP contribution in [-0.2, 0) is 21.3 Å². The van der Waals surface area contributed by atoms with Crippen LogP contribution in [0.2, 0.25) is 0 Å². The lowest BCUT2D eigenvalue weighted by atomic mass is 9.97. The molecule has 0 radical (unpaired) electrons. The van der Waals surface area contributed by atoms with Crippen LogP contribution in [0.5, 0.6) is 0 Å². The summed E-state index contributed by atoms with van der Waals surface area (Å²) in [7, 11) is -0.646. The molecule has 2 heterocycles. The number of hydrogen-bond acceptors (Lipinski definition) is 6. The highest BCUT2D eigenvalue weighted by molar-refractivity contribution is 7.88. The van der Waals surface area contributed by atoms with Crippen molar-refractivity contribution in [2.45, 2.75) is 36.7 Å². The lowest BCUT2D eigenvalue weighted by Crippen LogP contribution is -2.45. The Balaban J connectivity index is 1.92. The van der Waals surface area contributed by atoms with E-state index in [0.29, 0.717) is 31.9 Å². The second-order valence-corrected chi connectivity index (χ2v) is 7.56. The van der Waals surface area contributed by atoms with Crippen LogP contribution in [0.3, 0.4) is 0 Å². The van der Waals surface area contributed by atoms with Crippen molar-refractivity contribution >= 4 is 10.0 Å². The van der Waals surface area contributed by atoms with Gasteiger partial charge in [0.25, 0.3) is 10.0 Å². The highest BCUT2D eigenvalue weighted by atomic mass is 32.2. The first kappa shape index (κ1) is 16.4. The van der Waals surface area contributed by atoms with Gasteiger partial charge in [-0.2, -0.15) is 0 Å². The molecular weight excluding hydrogens is 296 g/mol. The van der Waals surface area contributed by atoms with Crippen LogP contribution in [0, 0.1) is 0 Å². The SMILES string of the molecule is CC1OCCC1(O)CNCc1ccc(S(=O)(=O)N(C)C)o1. The van der Waals surface area contributed by atoms with E-state index < -0.39 is 15.6 Å². The number of hydrogen-bond donors (Lipinski definition) is 2. The highest BCUT2D eigenvalue weighted by Crippen LogP contribution is 2.25. The fourth-order valence-electron chi connectivity index (χ4n) is 2.18. The first-order valence-electron chi connectivity index (χ1n) is 6.82. The third-order valence-electron chi connectivity index (χ3n) is 3.76. The maximum Gasteiger partial charge on any atom is 0.275 e. The zero-order valence-electron chi connectivity index (χ0n) is 12.5. The summed E-state index contributed by atoms with van der Waals surface area (Å²) in [5.74, 6) is 0.505. The van der Waals surface area contributed by atoms with Gasteiger partial charge >= 0.3 is 0 Å². The van der Waals surface area contributed by atoms with Gasteiger partial charge in [-0.15, -0.1) is 0 Å². The van der Waals surface area contributed by atoms with Crippen molar-refractivity contribution in [3.8, 4) is 0 Å². The Labute approximate surface area is 124 Å². The quantitative estimate of drug-likeness (QED) is 0.776. The normalized spacial score (nSPS) is 26.6. The van der Waals surface area contributed by atoms with Gasteiger partial charge in [-0.05, 0) is 19.1 Å². The molecule has 120 valence electrons. The first-order chi connectivity index (χ1) is 9.75. The van der Waals surface area contributed by atoms with E-state index >= 15 is 0 Å². The molecular formula is C13H22N2O5S. The highest BCUT2D eigenvalue weighted by Gasteiger charge is 2.39. The van der Waals surface area contributed by atoms with Crippen molar-refractivity contribution in [1.82, 2.24) is 9.62 Å². The minimum atomic E-state index is -3.55. The molecule has 7 nitrogen and oxygen atoms in total. The molecule has 1 aromatic rings. The minimum absolute atomic E-state index is 0.0828. The molecule has 1 fully saturated rings. The van der Waals surface area contributed by atoms with Crippen molar-refractivity contribution in [3.05, 3.63) is 17.9 Å². The number of nitrogens with one attached hydrogen (secondary N) is 1. The molecule has 0 aliphatic carbocycles. The molecule has 0 saturated carbocycles. The molecule has 0 aromatic carbocycles. The van der Waals surface area contributed by atoms with Crippen LogP contribution in [-0.4, -0.2) is 56.8 Å². The van der Waals surface area contributed by atoms with Gasteiger partial charge in [-0.3, -0.25) is 0 Å². The Kier molecular flexibility index (Phi) is 4.74. The van der Waals surface area contributed by atoms with Crippen LogP contribution in [0.4, 0.5) is 0 Å². The number of rotatable bonds is 6. The van der Waals surface area contributed by atoms with Gasteiger partial charge in [0.1, 0.15) is 11.4 Å². The molecule has 0 spiro atoms. The third kappa shape index (κ3) is 3.46. The molecule has 2 atom stereocenters. The van der Waals surface area contributed by atoms with E-state index in [4.69, 9.17) is 9.15 Å². The second kappa shape index (κ2) is 6.05. The van der Waals surface area contributed by atoms with Crippen molar-refractivity contribution < 1.29 is 22.7 Å². The number of nitrogens with zero attached hydrogens (tertiary/aromatic N) is 1. The molecule has 0 bridgehead atoms. The van der Waals surface area contributed by atoms with Crippen LogP contribution in [0.1, 0.15) is 19.1 Å². The molecule has 0 amide bonds. The van der Waals surface area contributed by atoms with E-state index in [1.807, 2.05) is 6.92 Å². The molecule has 1 saturated heterocycles. The summed E-state index contributed by atoms with van der Waals surface area (Å²) in [4.78, 5) is 0. The maximum atomic E-state index is 11.9. The van der Waals surface area contributed by atoms with E-state index in [1.54, 1.807) is 6.07 Å². The summed E-state index contributed by atoms with van der Waals surface area (Å²) >= 11 is 0. The molecule has 21 heavy (non-hydrogen) atoms. The zero-order valence-corrected chi connectivity index (χ0v) is 13.3. The van der Waals surface area contributed by atoms with Gasteiger partial charge in [-0.25, -0.2) is 12.7 Å². The summed E-state index contributed by atoms with van der Waals surface area (Å²) in [6.45, 7) is 3.09. The molecule has 8 heteroatoms. The summed E-state index contributed by atoms with van der Waals surface area (Å²) in [5.41, 5.74) is -0.884. The van der Waals surface area contributed by atoms with Crippen molar-refractivity contribution in [1.29, 1.82) is 0 Å². The van der Waals surface area contributed by atoms with E-state index in [9.17, 15) is 13.5 Å². The van der Waals surface area contributed by atoms with Crippen LogP contribution in [0.25, 0.3) is 0 Å². The van der Waals surface area contributed by atoms with Gasteiger partial charge in [0.2, 0.25) is 5.09 Å². The van der Waals surface area contributed by atoms with Gasteiger partial charge < -0.3 is 19.6 Å². The standard InChI is InChI=1S/C13H22N2O5S/c1-10-13(16,6-7-19-10)9-14-8-11-4-5-12(20-11)21(17,18)15(2)3/h4-5,10,14,16H,6-9H2,1-3H3. The first-order valence-corrected chi connectivity index (χ1v) is 8.26. The molecule has 2 unspecified atom stereocenters. The Hall–Kier alpha value is -0.930. The lowest BCUT2D eigenvalue weighted by molar-refractivity contribution is -0.0265. The molecule has 1 aromatic heterocycles. The van der Waals surface area contributed by atoms with E-state index in [2.05, 4.69) is 5.32 Å². The lowest BCUT2D eigenvalue weighted by Gasteiger charge is -2.26. The van der Waals surface area contributed by atoms with Gasteiger partial charge in [0.05, 0.1) is 12.6 Å². The predicted octanol–water partition coefficient (Wildman–Crippen LogP) is 0.159. The average molecular weight is 318 g/mol. The third-order valence-corrected chi connectivity index (χ3v) is 5.45. The Morgan fingerprint density at radius 3 is 2.76 bits per heavy atom. The van der Waals surface area contributed by atoms with Crippen LogP contribution in [0.15, 0.2) is 21.6 Å². The molecule has 2 rings (SSSR count). The molecule has 1 aliphatic rings. The number of furan rings is 1. The van der Waals surface area contributed by atoms with E-state index in [-0.39, 0.29) is 11.2 Å². The van der Waals surface area contributed by atoms with Crippen LogP contribution < -0.4 is 5.32 Å². The number of aliphatic hydroxyl groups is 1. The largest absolute Gasteiger partial charge is 0.447 e. The summed E-state index contributed by atoms with van der Waals surface area (Å²) in [6.07, 6.45) is 0.367. The fraction of sp³-hybridized carbons (Fsp3) is 0.692. The second-order valence-electron chi connectivity index (χ2n) is 5.48. The summed E-state index contributed by atoms with van der Waals surface area (Å²) < 4.78 is 35.5. The fourth-order valence-corrected chi connectivity index (χ4v) is 2.99. The van der Waals surface area contributed by atoms with E-state index in [0.717, 1.165) is 4.31 Å².